The highest BCUT2D eigenvalue weighted by Crippen LogP contribution is 2.37. The first-order valence-electron chi connectivity index (χ1n) is 8.31. The highest BCUT2D eigenvalue weighted by molar-refractivity contribution is 5.94. The zero-order chi connectivity index (χ0) is 14.4. The summed E-state index contributed by atoms with van der Waals surface area (Å²) in [5, 5.41) is 0. The van der Waals surface area contributed by atoms with E-state index in [2.05, 4.69) is 19.1 Å². The van der Waals surface area contributed by atoms with Gasteiger partial charge in [-0.3, -0.25) is 4.79 Å². The Morgan fingerprint density at radius 3 is 2.25 bits per heavy atom. The van der Waals surface area contributed by atoms with Gasteiger partial charge in [-0.1, -0.05) is 56.9 Å². The van der Waals surface area contributed by atoms with E-state index in [1.807, 2.05) is 12.1 Å². The molecule has 0 bridgehead atoms. The van der Waals surface area contributed by atoms with Crippen molar-refractivity contribution in [2.45, 2.75) is 71.1 Å². The number of benzene rings is 1. The van der Waals surface area contributed by atoms with E-state index in [0.717, 1.165) is 17.4 Å². The molecule has 0 radical (unpaired) electrons. The Bertz CT molecular complexity index is 410. The van der Waals surface area contributed by atoms with Gasteiger partial charge in [-0.15, -0.1) is 0 Å². The van der Waals surface area contributed by atoms with Gasteiger partial charge < -0.3 is 0 Å². The second-order valence-corrected chi connectivity index (χ2v) is 6.39. The minimum atomic E-state index is 0.163. The molecule has 0 heterocycles. The van der Waals surface area contributed by atoms with Crippen LogP contribution in [0.5, 0.6) is 0 Å². The molecule has 110 valence electrons. The zero-order valence-electron chi connectivity index (χ0n) is 13.0. The van der Waals surface area contributed by atoms with Crippen molar-refractivity contribution in [1.29, 1.82) is 0 Å². The molecular formula is C19H28O. The largest absolute Gasteiger partial charge is 0.295 e. The van der Waals surface area contributed by atoms with Crippen LogP contribution in [0.4, 0.5) is 0 Å². The average molecular weight is 272 g/mol. The third-order valence-corrected chi connectivity index (χ3v) is 4.85. The molecule has 1 saturated carbocycles. The Hall–Kier alpha value is -1.11. The van der Waals surface area contributed by atoms with Crippen LogP contribution >= 0.6 is 0 Å². The van der Waals surface area contributed by atoms with E-state index in [9.17, 15) is 4.79 Å². The lowest BCUT2D eigenvalue weighted by atomic mass is 9.77. The molecule has 1 nitrogen and oxygen atoms in total. The van der Waals surface area contributed by atoms with Crippen LogP contribution in [0.1, 0.15) is 87.1 Å². The standard InChI is InChI=1S/C19H28O/c1-3-4-5-6-16-7-9-18(10-8-16)19-13-11-17(12-14-19)15(2)20/h11-14,16,18H,3-10H2,1-2H3/t16-,18-. The second-order valence-electron chi connectivity index (χ2n) is 6.39. The Kier molecular flexibility index (Phi) is 5.82. The number of ketones is 1. The molecule has 0 amide bonds. The van der Waals surface area contributed by atoms with Gasteiger partial charge in [-0.05, 0) is 50.0 Å². The van der Waals surface area contributed by atoms with Crippen LogP contribution in [0.25, 0.3) is 0 Å². The van der Waals surface area contributed by atoms with Crippen molar-refractivity contribution in [3.63, 3.8) is 0 Å². The molecule has 0 atom stereocenters. The van der Waals surface area contributed by atoms with Crippen molar-refractivity contribution in [3.8, 4) is 0 Å². The van der Waals surface area contributed by atoms with Crippen LogP contribution in [-0.4, -0.2) is 5.78 Å². The van der Waals surface area contributed by atoms with Crippen molar-refractivity contribution in [2.75, 3.05) is 0 Å². The third kappa shape index (κ3) is 4.19. The van der Waals surface area contributed by atoms with E-state index in [4.69, 9.17) is 0 Å². The topological polar surface area (TPSA) is 17.1 Å². The van der Waals surface area contributed by atoms with Gasteiger partial charge in [0.25, 0.3) is 0 Å². The fraction of sp³-hybridized carbons (Fsp3) is 0.632. The highest BCUT2D eigenvalue weighted by Gasteiger charge is 2.21. The van der Waals surface area contributed by atoms with Crippen LogP contribution in [0.3, 0.4) is 0 Å². The summed E-state index contributed by atoms with van der Waals surface area (Å²) in [6, 6.07) is 8.31. The van der Waals surface area contributed by atoms with Gasteiger partial charge in [-0.2, -0.15) is 0 Å². The van der Waals surface area contributed by atoms with Crippen molar-refractivity contribution in [3.05, 3.63) is 35.4 Å². The van der Waals surface area contributed by atoms with E-state index >= 15 is 0 Å². The molecule has 1 aliphatic carbocycles. The molecule has 0 aliphatic heterocycles. The summed E-state index contributed by atoms with van der Waals surface area (Å²) in [5.41, 5.74) is 2.27. The summed E-state index contributed by atoms with van der Waals surface area (Å²) in [4.78, 5) is 11.3. The maximum atomic E-state index is 11.3. The van der Waals surface area contributed by atoms with Gasteiger partial charge in [0.2, 0.25) is 0 Å². The Balaban J connectivity index is 1.82. The first-order chi connectivity index (χ1) is 9.70. The van der Waals surface area contributed by atoms with Gasteiger partial charge in [0.15, 0.2) is 5.78 Å². The summed E-state index contributed by atoms with van der Waals surface area (Å²) < 4.78 is 0. The lowest BCUT2D eigenvalue weighted by molar-refractivity contribution is 0.101. The summed E-state index contributed by atoms with van der Waals surface area (Å²) in [6.45, 7) is 3.91. The molecule has 0 saturated heterocycles. The highest BCUT2D eigenvalue weighted by atomic mass is 16.1. The second kappa shape index (κ2) is 7.61. The smallest absolute Gasteiger partial charge is 0.159 e. The maximum absolute atomic E-state index is 11.3. The number of hydrogen-bond donors (Lipinski definition) is 0. The predicted molar refractivity (Wildman–Crippen MR) is 85.3 cm³/mol. The zero-order valence-corrected chi connectivity index (χ0v) is 13.0. The molecule has 0 aromatic heterocycles. The predicted octanol–water partition coefficient (Wildman–Crippen LogP) is 5.74. The third-order valence-electron chi connectivity index (χ3n) is 4.85. The molecular weight excluding hydrogens is 244 g/mol. The van der Waals surface area contributed by atoms with Crippen molar-refractivity contribution in [2.24, 2.45) is 5.92 Å². The lowest BCUT2D eigenvalue weighted by Gasteiger charge is -2.29. The quantitative estimate of drug-likeness (QED) is 0.476. The number of Topliss-reactive ketones (excluding diaryl/α,β-unsaturated/α-hetero) is 1. The Labute approximate surface area is 123 Å². The maximum Gasteiger partial charge on any atom is 0.159 e. The molecule has 0 N–H and O–H groups in total. The summed E-state index contributed by atoms with van der Waals surface area (Å²) in [6.07, 6.45) is 11.0. The number of unbranched alkanes of at least 4 members (excludes halogenated alkanes) is 2. The number of carbonyl (C=O) groups excluding carboxylic acids is 1. The van der Waals surface area contributed by atoms with Crippen LogP contribution in [0.2, 0.25) is 0 Å². The van der Waals surface area contributed by atoms with Gasteiger partial charge in [-0.25, -0.2) is 0 Å². The van der Waals surface area contributed by atoms with E-state index < -0.39 is 0 Å². The van der Waals surface area contributed by atoms with E-state index in [0.29, 0.717) is 0 Å². The van der Waals surface area contributed by atoms with Crippen molar-refractivity contribution >= 4 is 5.78 Å². The molecule has 0 spiro atoms. The number of hydrogen-bond acceptors (Lipinski definition) is 1. The molecule has 1 aromatic carbocycles. The van der Waals surface area contributed by atoms with Gasteiger partial charge in [0, 0.05) is 5.56 Å². The summed E-state index contributed by atoms with van der Waals surface area (Å²) in [5.74, 6) is 1.85. The molecule has 0 unspecified atom stereocenters. The normalized spacial score (nSPS) is 22.7. The van der Waals surface area contributed by atoms with Crippen LogP contribution in [0, 0.1) is 5.92 Å². The van der Waals surface area contributed by atoms with E-state index in [1.165, 1.54) is 56.9 Å². The van der Waals surface area contributed by atoms with Gasteiger partial charge in [0.1, 0.15) is 0 Å². The lowest BCUT2D eigenvalue weighted by Crippen LogP contribution is -2.13. The Morgan fingerprint density at radius 1 is 1.05 bits per heavy atom. The van der Waals surface area contributed by atoms with Crippen molar-refractivity contribution < 1.29 is 4.79 Å². The monoisotopic (exact) mass is 272 g/mol. The first kappa shape index (κ1) is 15.3. The fourth-order valence-corrected chi connectivity index (χ4v) is 3.46. The SMILES string of the molecule is CCCCC[C@H]1CC[C@H](c2ccc(C(C)=O)cc2)CC1. The van der Waals surface area contributed by atoms with Gasteiger partial charge in [0.05, 0.1) is 0 Å². The summed E-state index contributed by atoms with van der Waals surface area (Å²) >= 11 is 0. The molecule has 1 heteroatoms. The molecule has 1 aliphatic rings. The number of carbonyl (C=O) groups is 1. The average Bonchev–Trinajstić information content (AvgIpc) is 2.48. The van der Waals surface area contributed by atoms with E-state index in [1.54, 1.807) is 6.92 Å². The number of rotatable bonds is 6. The first-order valence-corrected chi connectivity index (χ1v) is 8.31. The Morgan fingerprint density at radius 2 is 1.70 bits per heavy atom. The molecule has 2 rings (SSSR count). The molecule has 20 heavy (non-hydrogen) atoms. The van der Waals surface area contributed by atoms with Gasteiger partial charge >= 0.3 is 0 Å². The minimum absolute atomic E-state index is 0.163. The minimum Gasteiger partial charge on any atom is -0.295 e. The van der Waals surface area contributed by atoms with Crippen LogP contribution in [-0.2, 0) is 0 Å². The van der Waals surface area contributed by atoms with E-state index in [-0.39, 0.29) is 5.78 Å². The molecule has 1 fully saturated rings. The molecule has 1 aromatic rings. The summed E-state index contributed by atoms with van der Waals surface area (Å²) in [7, 11) is 0. The van der Waals surface area contributed by atoms with Crippen molar-refractivity contribution in [1.82, 2.24) is 0 Å². The fourth-order valence-electron chi connectivity index (χ4n) is 3.46. The van der Waals surface area contributed by atoms with Crippen LogP contribution < -0.4 is 0 Å². The van der Waals surface area contributed by atoms with Crippen LogP contribution in [0.15, 0.2) is 24.3 Å².